The molecule has 5 nitrogen and oxygen atoms in total. The Morgan fingerprint density at radius 2 is 1.86 bits per heavy atom. The lowest BCUT2D eigenvalue weighted by Crippen LogP contribution is -2.16. The van der Waals surface area contributed by atoms with Gasteiger partial charge in [-0.3, -0.25) is 9.59 Å². The fourth-order valence-electron chi connectivity index (χ4n) is 1.86. The highest BCUT2D eigenvalue weighted by Crippen LogP contribution is 2.22. The van der Waals surface area contributed by atoms with Crippen molar-refractivity contribution in [3.63, 3.8) is 0 Å². The molecule has 2 amide bonds. The number of nitrogens with zero attached hydrogens (tertiary/aromatic N) is 1. The van der Waals surface area contributed by atoms with Crippen LogP contribution in [-0.2, 0) is 4.79 Å². The maximum absolute atomic E-state index is 12.3. The predicted octanol–water partition coefficient (Wildman–Crippen LogP) is 3.42. The molecule has 0 bridgehead atoms. The fraction of sp³-hybridized carbons (Fsp3) is 0.0625. The van der Waals surface area contributed by atoms with Gasteiger partial charge in [0.15, 0.2) is 0 Å². The predicted molar refractivity (Wildman–Crippen MR) is 84.9 cm³/mol. The maximum Gasteiger partial charge on any atom is 0.257 e. The van der Waals surface area contributed by atoms with E-state index in [1.54, 1.807) is 30.3 Å². The van der Waals surface area contributed by atoms with E-state index in [4.69, 9.17) is 16.9 Å². The quantitative estimate of drug-likeness (QED) is 0.910. The van der Waals surface area contributed by atoms with Gasteiger partial charge in [0.05, 0.1) is 21.8 Å². The number of halogens is 1. The number of benzene rings is 2. The summed E-state index contributed by atoms with van der Waals surface area (Å²) >= 11 is 5.93. The fourth-order valence-corrected chi connectivity index (χ4v) is 2.08. The van der Waals surface area contributed by atoms with Crippen LogP contribution in [0.3, 0.4) is 0 Å². The summed E-state index contributed by atoms with van der Waals surface area (Å²) in [7, 11) is 0. The largest absolute Gasteiger partial charge is 0.326 e. The summed E-state index contributed by atoms with van der Waals surface area (Å²) in [5, 5.41) is 14.4. The number of hydrogen-bond donors (Lipinski definition) is 2. The Morgan fingerprint density at radius 3 is 2.50 bits per heavy atom. The topological polar surface area (TPSA) is 82.0 Å². The number of carbonyl (C=O) groups is 2. The smallest absolute Gasteiger partial charge is 0.257 e. The monoisotopic (exact) mass is 313 g/mol. The molecule has 22 heavy (non-hydrogen) atoms. The van der Waals surface area contributed by atoms with Crippen LogP contribution in [0.5, 0.6) is 0 Å². The summed E-state index contributed by atoms with van der Waals surface area (Å²) in [5.41, 5.74) is 1.55. The second-order valence-electron chi connectivity index (χ2n) is 4.49. The first-order valence-corrected chi connectivity index (χ1v) is 6.76. The van der Waals surface area contributed by atoms with Gasteiger partial charge in [-0.05, 0) is 30.3 Å². The van der Waals surface area contributed by atoms with Crippen molar-refractivity contribution in [1.82, 2.24) is 0 Å². The molecule has 2 rings (SSSR count). The normalized spacial score (nSPS) is 9.68. The zero-order valence-corrected chi connectivity index (χ0v) is 12.4. The van der Waals surface area contributed by atoms with Crippen molar-refractivity contribution in [2.24, 2.45) is 0 Å². The van der Waals surface area contributed by atoms with E-state index in [0.717, 1.165) is 0 Å². The number of para-hydroxylation sites is 1. The summed E-state index contributed by atoms with van der Waals surface area (Å²) in [6.45, 7) is 1.37. The molecule has 0 aliphatic heterocycles. The maximum atomic E-state index is 12.3. The zero-order valence-electron chi connectivity index (χ0n) is 11.7. The molecule has 0 saturated carbocycles. The third kappa shape index (κ3) is 3.62. The molecule has 0 heterocycles. The summed E-state index contributed by atoms with van der Waals surface area (Å²) in [5.74, 6) is -0.646. The van der Waals surface area contributed by atoms with Gasteiger partial charge >= 0.3 is 0 Å². The number of nitriles is 1. The van der Waals surface area contributed by atoms with Crippen molar-refractivity contribution in [3.8, 4) is 6.07 Å². The molecule has 0 spiro atoms. The van der Waals surface area contributed by atoms with Crippen LogP contribution < -0.4 is 10.6 Å². The van der Waals surface area contributed by atoms with Crippen LogP contribution in [0.25, 0.3) is 0 Å². The van der Waals surface area contributed by atoms with E-state index in [0.29, 0.717) is 22.5 Å². The number of amides is 2. The van der Waals surface area contributed by atoms with E-state index in [1.807, 2.05) is 6.07 Å². The molecule has 0 atom stereocenters. The van der Waals surface area contributed by atoms with Gasteiger partial charge in [-0.2, -0.15) is 5.26 Å². The average Bonchev–Trinajstić information content (AvgIpc) is 2.47. The van der Waals surface area contributed by atoms with E-state index in [-0.39, 0.29) is 16.8 Å². The van der Waals surface area contributed by atoms with Gasteiger partial charge in [-0.15, -0.1) is 0 Å². The lowest BCUT2D eigenvalue weighted by Gasteiger charge is -2.10. The lowest BCUT2D eigenvalue weighted by molar-refractivity contribution is -0.114. The highest BCUT2D eigenvalue weighted by Gasteiger charge is 2.12. The molecular formula is C16H12ClN3O2. The number of rotatable bonds is 3. The van der Waals surface area contributed by atoms with Crippen LogP contribution in [-0.4, -0.2) is 11.8 Å². The Hall–Kier alpha value is -2.84. The SMILES string of the molecule is CC(=O)Nc1ccccc1C(=O)Nc1ccc(C#N)c(Cl)c1. The molecule has 2 aromatic rings. The molecule has 0 saturated heterocycles. The second kappa shape index (κ2) is 6.74. The van der Waals surface area contributed by atoms with Crippen LogP contribution in [0.1, 0.15) is 22.8 Å². The number of carbonyl (C=O) groups excluding carboxylic acids is 2. The van der Waals surface area contributed by atoms with Gasteiger partial charge in [0, 0.05) is 12.6 Å². The van der Waals surface area contributed by atoms with Crippen LogP contribution >= 0.6 is 11.6 Å². The third-order valence-electron chi connectivity index (χ3n) is 2.83. The number of hydrogen-bond acceptors (Lipinski definition) is 3. The van der Waals surface area contributed by atoms with E-state index < -0.39 is 0 Å². The molecular weight excluding hydrogens is 302 g/mol. The first-order valence-electron chi connectivity index (χ1n) is 6.39. The summed E-state index contributed by atoms with van der Waals surface area (Å²) in [6, 6.07) is 13.2. The van der Waals surface area contributed by atoms with Crippen LogP contribution in [0.4, 0.5) is 11.4 Å². The highest BCUT2D eigenvalue weighted by atomic mass is 35.5. The van der Waals surface area contributed by atoms with Crippen molar-refractivity contribution >= 4 is 34.8 Å². The minimum absolute atomic E-state index is 0.260. The molecule has 0 radical (unpaired) electrons. The van der Waals surface area contributed by atoms with E-state index in [1.165, 1.54) is 19.1 Å². The molecule has 0 aliphatic rings. The van der Waals surface area contributed by atoms with Crippen molar-refractivity contribution in [1.29, 1.82) is 5.26 Å². The molecule has 2 N–H and O–H groups in total. The first-order chi connectivity index (χ1) is 10.5. The van der Waals surface area contributed by atoms with Gasteiger partial charge in [-0.25, -0.2) is 0 Å². The molecule has 0 aromatic heterocycles. The van der Waals surface area contributed by atoms with Gasteiger partial charge in [0.1, 0.15) is 6.07 Å². The Morgan fingerprint density at radius 1 is 1.14 bits per heavy atom. The molecule has 2 aromatic carbocycles. The van der Waals surface area contributed by atoms with E-state index in [9.17, 15) is 9.59 Å². The van der Waals surface area contributed by atoms with E-state index >= 15 is 0 Å². The summed E-state index contributed by atoms with van der Waals surface area (Å²) < 4.78 is 0. The van der Waals surface area contributed by atoms with Crippen molar-refractivity contribution in [2.75, 3.05) is 10.6 Å². The summed E-state index contributed by atoms with van der Waals surface area (Å²) in [4.78, 5) is 23.5. The molecule has 0 unspecified atom stereocenters. The minimum atomic E-state index is -0.384. The zero-order chi connectivity index (χ0) is 16.1. The Labute approximate surface area is 132 Å². The molecule has 0 fully saturated rings. The average molecular weight is 314 g/mol. The minimum Gasteiger partial charge on any atom is -0.326 e. The summed E-state index contributed by atoms with van der Waals surface area (Å²) in [6.07, 6.45) is 0. The van der Waals surface area contributed by atoms with Gasteiger partial charge in [0.2, 0.25) is 5.91 Å². The Kier molecular flexibility index (Phi) is 4.77. The molecule has 0 aliphatic carbocycles. The lowest BCUT2D eigenvalue weighted by atomic mass is 10.1. The van der Waals surface area contributed by atoms with E-state index in [2.05, 4.69) is 10.6 Å². The van der Waals surface area contributed by atoms with Crippen molar-refractivity contribution in [3.05, 3.63) is 58.6 Å². The first kappa shape index (κ1) is 15.5. The third-order valence-corrected chi connectivity index (χ3v) is 3.14. The van der Waals surface area contributed by atoms with Gasteiger partial charge in [-0.1, -0.05) is 23.7 Å². The Bertz CT molecular complexity index is 781. The van der Waals surface area contributed by atoms with Gasteiger partial charge in [0.25, 0.3) is 5.91 Å². The van der Waals surface area contributed by atoms with Crippen LogP contribution in [0.2, 0.25) is 5.02 Å². The molecule has 110 valence electrons. The van der Waals surface area contributed by atoms with Gasteiger partial charge < -0.3 is 10.6 Å². The number of nitrogens with one attached hydrogen (secondary N) is 2. The number of anilines is 2. The van der Waals surface area contributed by atoms with Crippen molar-refractivity contribution < 1.29 is 9.59 Å². The second-order valence-corrected chi connectivity index (χ2v) is 4.89. The van der Waals surface area contributed by atoms with Crippen LogP contribution in [0, 0.1) is 11.3 Å². The standard InChI is InChI=1S/C16H12ClN3O2/c1-10(21)19-15-5-3-2-4-13(15)16(22)20-12-7-6-11(9-18)14(17)8-12/h2-8H,1H3,(H,19,21)(H,20,22). The Balaban J connectivity index is 2.25. The molecule has 6 heteroatoms. The van der Waals surface area contributed by atoms with Crippen molar-refractivity contribution in [2.45, 2.75) is 6.92 Å². The van der Waals surface area contributed by atoms with Crippen LogP contribution in [0.15, 0.2) is 42.5 Å². The highest BCUT2D eigenvalue weighted by molar-refractivity contribution is 6.32.